The number of nitrogens with one attached hydrogen (secondary N) is 2. The zero-order valence-corrected chi connectivity index (χ0v) is 10.9. The highest BCUT2D eigenvalue weighted by molar-refractivity contribution is 7.80. The van der Waals surface area contributed by atoms with E-state index >= 15 is 0 Å². The summed E-state index contributed by atoms with van der Waals surface area (Å²) in [7, 11) is 0. The summed E-state index contributed by atoms with van der Waals surface area (Å²) in [6.07, 6.45) is 0.340. The van der Waals surface area contributed by atoms with Crippen LogP contribution < -0.4 is 16.4 Å². The summed E-state index contributed by atoms with van der Waals surface area (Å²) in [4.78, 5) is 11.2. The summed E-state index contributed by atoms with van der Waals surface area (Å²) < 4.78 is 13.5. The molecule has 1 amide bonds. The number of nitrogens with two attached hydrogens (primary N) is 1. The molecule has 0 aliphatic carbocycles. The van der Waals surface area contributed by atoms with E-state index < -0.39 is 5.82 Å². The van der Waals surface area contributed by atoms with Crippen LogP contribution in [0.1, 0.15) is 18.9 Å². The van der Waals surface area contributed by atoms with Crippen LogP contribution in [0, 0.1) is 5.82 Å². The Morgan fingerprint density at radius 1 is 1.50 bits per heavy atom. The van der Waals surface area contributed by atoms with Crippen LogP contribution in [-0.2, 0) is 4.79 Å². The number of rotatable bonds is 6. The highest BCUT2D eigenvalue weighted by atomic mass is 32.1. The highest BCUT2D eigenvalue weighted by Gasteiger charge is 2.06. The Hall–Kier alpha value is -1.69. The van der Waals surface area contributed by atoms with Crippen LogP contribution in [0.5, 0.6) is 0 Å². The number of carbonyl (C=O) groups is 1. The lowest BCUT2D eigenvalue weighted by Gasteiger charge is -2.08. The van der Waals surface area contributed by atoms with Gasteiger partial charge in [0, 0.05) is 30.8 Å². The van der Waals surface area contributed by atoms with Crippen molar-refractivity contribution in [3.05, 3.63) is 29.6 Å². The molecule has 0 aliphatic heterocycles. The van der Waals surface area contributed by atoms with Crippen molar-refractivity contribution in [1.29, 1.82) is 0 Å². The zero-order valence-electron chi connectivity index (χ0n) is 10.1. The monoisotopic (exact) mass is 269 g/mol. The van der Waals surface area contributed by atoms with Gasteiger partial charge in [-0.3, -0.25) is 4.79 Å². The Balaban J connectivity index is 2.51. The second-order valence-corrected chi connectivity index (χ2v) is 4.13. The van der Waals surface area contributed by atoms with E-state index in [1.54, 1.807) is 6.07 Å². The van der Waals surface area contributed by atoms with Gasteiger partial charge in [0.15, 0.2) is 0 Å². The molecule has 0 aromatic heterocycles. The molecule has 0 heterocycles. The number of halogens is 1. The summed E-state index contributed by atoms with van der Waals surface area (Å²) in [5.74, 6) is -0.504. The third-order valence-corrected chi connectivity index (χ3v) is 2.51. The van der Waals surface area contributed by atoms with Gasteiger partial charge in [-0.2, -0.15) is 0 Å². The molecule has 1 aromatic rings. The van der Waals surface area contributed by atoms with Gasteiger partial charge >= 0.3 is 0 Å². The molecule has 1 aromatic carbocycles. The molecule has 0 radical (unpaired) electrons. The molecule has 0 fully saturated rings. The van der Waals surface area contributed by atoms with Gasteiger partial charge < -0.3 is 16.4 Å². The molecular formula is C12H16FN3OS. The van der Waals surface area contributed by atoms with Crippen molar-refractivity contribution >= 4 is 28.8 Å². The first-order chi connectivity index (χ1) is 8.54. The SMILES string of the molecule is CCNC(=O)CCNc1ccc(C(N)=S)c(F)c1. The Labute approximate surface area is 111 Å². The van der Waals surface area contributed by atoms with Gasteiger partial charge in [-0.15, -0.1) is 0 Å². The van der Waals surface area contributed by atoms with Gasteiger partial charge in [0.1, 0.15) is 10.8 Å². The number of anilines is 1. The number of carbonyl (C=O) groups excluding carboxylic acids is 1. The average molecular weight is 269 g/mol. The molecule has 4 N–H and O–H groups in total. The van der Waals surface area contributed by atoms with Gasteiger partial charge in [0.2, 0.25) is 5.91 Å². The summed E-state index contributed by atoms with van der Waals surface area (Å²) >= 11 is 4.71. The molecule has 0 spiro atoms. The number of hydrogen-bond donors (Lipinski definition) is 3. The predicted molar refractivity (Wildman–Crippen MR) is 74.1 cm³/mol. The van der Waals surface area contributed by atoms with Crippen LogP contribution in [0.4, 0.5) is 10.1 Å². The highest BCUT2D eigenvalue weighted by Crippen LogP contribution is 2.14. The van der Waals surface area contributed by atoms with Crippen molar-refractivity contribution in [2.24, 2.45) is 5.73 Å². The minimum absolute atomic E-state index is 0.0290. The van der Waals surface area contributed by atoms with E-state index in [0.717, 1.165) is 0 Å². The van der Waals surface area contributed by atoms with Crippen molar-refractivity contribution in [2.45, 2.75) is 13.3 Å². The zero-order chi connectivity index (χ0) is 13.5. The Bertz CT molecular complexity index is 451. The second kappa shape index (κ2) is 6.90. The van der Waals surface area contributed by atoms with Crippen molar-refractivity contribution in [3.63, 3.8) is 0 Å². The largest absolute Gasteiger partial charge is 0.389 e. The van der Waals surface area contributed by atoms with Crippen molar-refractivity contribution in [2.75, 3.05) is 18.4 Å². The molecule has 0 saturated heterocycles. The number of amides is 1. The van der Waals surface area contributed by atoms with Crippen LogP contribution in [0.2, 0.25) is 0 Å². The van der Waals surface area contributed by atoms with Crippen LogP contribution in [0.15, 0.2) is 18.2 Å². The molecule has 6 heteroatoms. The molecule has 4 nitrogen and oxygen atoms in total. The van der Waals surface area contributed by atoms with E-state index in [9.17, 15) is 9.18 Å². The summed E-state index contributed by atoms with van der Waals surface area (Å²) in [5.41, 5.74) is 6.17. The summed E-state index contributed by atoms with van der Waals surface area (Å²) in [6.45, 7) is 2.91. The normalized spacial score (nSPS) is 9.89. The number of thiocarbonyl (C=S) groups is 1. The van der Waals surface area contributed by atoms with Crippen LogP contribution in [0.25, 0.3) is 0 Å². The summed E-state index contributed by atoms with van der Waals surface area (Å²) in [6, 6.07) is 4.51. The lowest BCUT2D eigenvalue weighted by molar-refractivity contribution is -0.120. The van der Waals surface area contributed by atoms with E-state index in [1.165, 1.54) is 12.1 Å². The van der Waals surface area contributed by atoms with Gasteiger partial charge in [-0.05, 0) is 25.1 Å². The standard InChI is InChI=1S/C12H16FN3OS/c1-2-15-11(17)5-6-16-8-3-4-9(12(14)18)10(13)7-8/h3-4,7,16H,2,5-6H2,1H3,(H2,14,18)(H,15,17). The molecule has 0 bridgehead atoms. The average Bonchev–Trinajstić information content (AvgIpc) is 2.29. The fraction of sp³-hybridized carbons (Fsp3) is 0.333. The maximum Gasteiger partial charge on any atom is 0.221 e. The van der Waals surface area contributed by atoms with E-state index in [0.29, 0.717) is 25.2 Å². The minimum Gasteiger partial charge on any atom is -0.389 e. The maximum atomic E-state index is 13.5. The van der Waals surface area contributed by atoms with Crippen LogP contribution in [-0.4, -0.2) is 24.0 Å². The summed E-state index contributed by atoms with van der Waals surface area (Å²) in [5, 5.41) is 5.64. The molecule has 0 aliphatic rings. The smallest absolute Gasteiger partial charge is 0.221 e. The first kappa shape index (κ1) is 14.4. The van der Waals surface area contributed by atoms with Gasteiger partial charge in [-0.1, -0.05) is 12.2 Å². The fourth-order valence-electron chi connectivity index (χ4n) is 1.43. The molecule has 0 unspecified atom stereocenters. The minimum atomic E-state index is -0.467. The van der Waals surface area contributed by atoms with Crippen LogP contribution in [0.3, 0.4) is 0 Å². The third kappa shape index (κ3) is 4.29. The van der Waals surface area contributed by atoms with E-state index in [4.69, 9.17) is 18.0 Å². The Morgan fingerprint density at radius 2 is 2.22 bits per heavy atom. The van der Waals surface area contributed by atoms with Crippen molar-refractivity contribution < 1.29 is 9.18 Å². The molecule has 1 rings (SSSR count). The molecule has 0 saturated carbocycles. The van der Waals surface area contributed by atoms with Crippen LogP contribution >= 0.6 is 12.2 Å². The lowest BCUT2D eigenvalue weighted by Crippen LogP contribution is -2.24. The van der Waals surface area contributed by atoms with Gasteiger partial charge in [0.25, 0.3) is 0 Å². The molecule has 0 atom stereocenters. The Kier molecular flexibility index (Phi) is 5.51. The first-order valence-electron chi connectivity index (χ1n) is 5.64. The number of hydrogen-bond acceptors (Lipinski definition) is 3. The fourth-order valence-corrected chi connectivity index (χ4v) is 1.60. The molecule has 18 heavy (non-hydrogen) atoms. The quantitative estimate of drug-likeness (QED) is 0.683. The first-order valence-corrected chi connectivity index (χ1v) is 6.05. The molecule has 98 valence electrons. The maximum absolute atomic E-state index is 13.5. The van der Waals surface area contributed by atoms with E-state index in [1.807, 2.05) is 6.92 Å². The van der Waals surface area contributed by atoms with Crippen molar-refractivity contribution in [3.8, 4) is 0 Å². The Morgan fingerprint density at radius 3 is 2.78 bits per heavy atom. The second-order valence-electron chi connectivity index (χ2n) is 3.69. The van der Waals surface area contributed by atoms with E-state index in [2.05, 4.69) is 10.6 Å². The lowest BCUT2D eigenvalue weighted by atomic mass is 10.2. The molecular weight excluding hydrogens is 253 g/mol. The topological polar surface area (TPSA) is 67.2 Å². The van der Waals surface area contributed by atoms with Gasteiger partial charge in [-0.25, -0.2) is 4.39 Å². The third-order valence-electron chi connectivity index (χ3n) is 2.29. The number of benzene rings is 1. The van der Waals surface area contributed by atoms with E-state index in [-0.39, 0.29) is 16.5 Å². The van der Waals surface area contributed by atoms with Crippen molar-refractivity contribution in [1.82, 2.24) is 5.32 Å². The van der Waals surface area contributed by atoms with Gasteiger partial charge in [0.05, 0.1) is 0 Å². The predicted octanol–water partition coefficient (Wildman–Crippen LogP) is 1.40.